The molecule has 1 amide bonds. The molecule has 1 heterocycles. The van der Waals surface area contributed by atoms with Crippen molar-refractivity contribution in [1.29, 1.82) is 0 Å². The molecule has 9 nitrogen and oxygen atoms in total. The molecule has 1 aromatic heterocycles. The van der Waals surface area contributed by atoms with Crippen molar-refractivity contribution in [3.63, 3.8) is 0 Å². The number of nitrogens with two attached hydrogens (primary N) is 3. The van der Waals surface area contributed by atoms with Crippen molar-refractivity contribution in [2.24, 2.45) is 22.2 Å². The third-order valence-electron chi connectivity index (χ3n) is 3.87. The predicted octanol–water partition coefficient (Wildman–Crippen LogP) is 0.170. The maximum Gasteiger partial charge on any atom is 0.271 e. The SMILES string of the molecule is CN=CC(=CN)Nc1nc(N[C@@H]2CCCC[C@@H]2N)cnc1C(N)=O. The molecule has 0 spiro atoms. The van der Waals surface area contributed by atoms with E-state index >= 15 is 0 Å². The maximum absolute atomic E-state index is 11.6. The maximum atomic E-state index is 11.6. The molecular weight excluding hydrogens is 308 g/mol. The van der Waals surface area contributed by atoms with Gasteiger partial charge in [0.05, 0.1) is 11.9 Å². The smallest absolute Gasteiger partial charge is 0.271 e. The largest absolute Gasteiger partial charge is 0.403 e. The van der Waals surface area contributed by atoms with Gasteiger partial charge in [-0.15, -0.1) is 0 Å². The number of carbonyl (C=O) groups excluding carboxylic acids is 1. The zero-order chi connectivity index (χ0) is 17.5. The molecule has 130 valence electrons. The Morgan fingerprint density at radius 2 is 2.17 bits per heavy atom. The van der Waals surface area contributed by atoms with Crippen LogP contribution in [0.3, 0.4) is 0 Å². The van der Waals surface area contributed by atoms with Crippen molar-refractivity contribution in [3.05, 3.63) is 23.8 Å². The molecule has 1 fully saturated rings. The first-order chi connectivity index (χ1) is 11.5. The number of amides is 1. The lowest BCUT2D eigenvalue weighted by molar-refractivity contribution is 0.0996. The minimum absolute atomic E-state index is 0.0253. The van der Waals surface area contributed by atoms with E-state index in [2.05, 4.69) is 25.6 Å². The Bertz CT molecular complexity index is 642. The van der Waals surface area contributed by atoms with E-state index in [-0.39, 0.29) is 23.6 Å². The van der Waals surface area contributed by atoms with Gasteiger partial charge < -0.3 is 27.8 Å². The summed E-state index contributed by atoms with van der Waals surface area (Å²) in [6.07, 6.45) is 8.50. The Morgan fingerprint density at radius 1 is 1.42 bits per heavy atom. The van der Waals surface area contributed by atoms with Crippen LogP contribution in [0.2, 0.25) is 0 Å². The zero-order valence-electron chi connectivity index (χ0n) is 13.7. The molecule has 0 unspecified atom stereocenters. The summed E-state index contributed by atoms with van der Waals surface area (Å²) in [5.41, 5.74) is 17.5. The molecule has 2 atom stereocenters. The molecule has 2 rings (SSSR count). The van der Waals surface area contributed by atoms with Gasteiger partial charge in [0.25, 0.3) is 5.91 Å². The summed E-state index contributed by atoms with van der Waals surface area (Å²) in [5.74, 6) is 0.0545. The Kier molecular flexibility index (Phi) is 6.07. The van der Waals surface area contributed by atoms with Crippen LogP contribution in [0.4, 0.5) is 11.6 Å². The van der Waals surface area contributed by atoms with E-state index in [0.29, 0.717) is 11.5 Å². The number of allylic oxidation sites excluding steroid dienone is 1. The number of carbonyl (C=O) groups is 1. The molecule has 1 aromatic rings. The second-order valence-electron chi connectivity index (χ2n) is 5.65. The summed E-state index contributed by atoms with van der Waals surface area (Å²) in [5, 5.41) is 6.19. The number of nitrogens with zero attached hydrogens (tertiary/aromatic N) is 3. The number of aromatic nitrogens is 2. The fraction of sp³-hybridized carbons (Fsp3) is 0.467. The minimum atomic E-state index is -0.685. The average molecular weight is 332 g/mol. The quantitative estimate of drug-likeness (QED) is 0.464. The van der Waals surface area contributed by atoms with Gasteiger partial charge in [0, 0.05) is 31.5 Å². The lowest BCUT2D eigenvalue weighted by Gasteiger charge is -2.29. The molecule has 1 aliphatic rings. The van der Waals surface area contributed by atoms with Crippen molar-refractivity contribution in [2.75, 3.05) is 17.7 Å². The first-order valence-electron chi connectivity index (χ1n) is 7.85. The summed E-state index contributed by atoms with van der Waals surface area (Å²) < 4.78 is 0. The number of rotatable bonds is 6. The standard InChI is InChI=1S/C15H24N8O/c1-19-7-9(6-16)21-15-13(14(18)24)20-8-12(23-15)22-11-5-3-2-4-10(11)17/h6-8,10-11H,2-5,16-17H2,1H3,(H2,18,24)(H2,21,22,23)/t10-,11+/m0/s1. The molecule has 1 saturated carbocycles. The number of anilines is 2. The van der Waals surface area contributed by atoms with Gasteiger partial charge in [-0.1, -0.05) is 12.8 Å². The molecule has 0 aromatic carbocycles. The van der Waals surface area contributed by atoms with Crippen LogP contribution in [-0.4, -0.2) is 41.2 Å². The topological polar surface area (TPSA) is 157 Å². The number of hydrogen-bond acceptors (Lipinski definition) is 8. The summed E-state index contributed by atoms with van der Waals surface area (Å²) in [6, 6.07) is 0.196. The van der Waals surface area contributed by atoms with Crippen molar-refractivity contribution in [1.82, 2.24) is 9.97 Å². The van der Waals surface area contributed by atoms with E-state index in [1.54, 1.807) is 7.05 Å². The van der Waals surface area contributed by atoms with Gasteiger partial charge in [0.2, 0.25) is 0 Å². The van der Waals surface area contributed by atoms with Crippen molar-refractivity contribution >= 4 is 23.8 Å². The summed E-state index contributed by atoms with van der Waals surface area (Å²) in [7, 11) is 1.61. The van der Waals surface area contributed by atoms with Gasteiger partial charge in [-0.3, -0.25) is 9.79 Å². The summed E-state index contributed by atoms with van der Waals surface area (Å²) in [4.78, 5) is 23.9. The van der Waals surface area contributed by atoms with Crippen LogP contribution < -0.4 is 27.8 Å². The van der Waals surface area contributed by atoms with Gasteiger partial charge in [0.15, 0.2) is 11.5 Å². The van der Waals surface area contributed by atoms with Gasteiger partial charge in [0.1, 0.15) is 5.82 Å². The van der Waals surface area contributed by atoms with Gasteiger partial charge in [-0.25, -0.2) is 9.97 Å². The van der Waals surface area contributed by atoms with E-state index in [4.69, 9.17) is 17.2 Å². The van der Waals surface area contributed by atoms with Gasteiger partial charge >= 0.3 is 0 Å². The number of aliphatic imine (C=N–C) groups is 1. The molecule has 0 radical (unpaired) electrons. The van der Waals surface area contributed by atoms with Crippen LogP contribution in [0.15, 0.2) is 23.1 Å². The first-order valence-corrected chi connectivity index (χ1v) is 7.85. The summed E-state index contributed by atoms with van der Waals surface area (Å²) in [6.45, 7) is 0. The number of hydrogen-bond donors (Lipinski definition) is 5. The highest BCUT2D eigenvalue weighted by molar-refractivity contribution is 5.97. The van der Waals surface area contributed by atoms with E-state index < -0.39 is 5.91 Å². The lowest BCUT2D eigenvalue weighted by Crippen LogP contribution is -2.42. The molecule has 0 saturated heterocycles. The highest BCUT2D eigenvalue weighted by Crippen LogP contribution is 2.21. The number of nitrogens with one attached hydrogen (secondary N) is 2. The first kappa shape index (κ1) is 17.7. The number of primary amides is 1. The minimum Gasteiger partial charge on any atom is -0.403 e. The van der Waals surface area contributed by atoms with E-state index in [9.17, 15) is 4.79 Å². The Morgan fingerprint density at radius 3 is 2.79 bits per heavy atom. The van der Waals surface area contributed by atoms with E-state index in [1.165, 1.54) is 18.6 Å². The molecule has 8 N–H and O–H groups in total. The van der Waals surface area contributed by atoms with Crippen molar-refractivity contribution in [3.8, 4) is 0 Å². The third-order valence-corrected chi connectivity index (χ3v) is 3.87. The Labute approximate surface area is 140 Å². The molecule has 1 aliphatic carbocycles. The van der Waals surface area contributed by atoms with Gasteiger partial charge in [-0.05, 0) is 12.8 Å². The molecule has 0 aliphatic heterocycles. The van der Waals surface area contributed by atoms with Crippen molar-refractivity contribution < 1.29 is 4.79 Å². The molecule has 0 bridgehead atoms. The second kappa shape index (κ2) is 8.25. The van der Waals surface area contributed by atoms with Crippen LogP contribution in [0.5, 0.6) is 0 Å². The fourth-order valence-corrected chi connectivity index (χ4v) is 2.65. The highest BCUT2D eigenvalue weighted by atomic mass is 16.1. The summed E-state index contributed by atoms with van der Waals surface area (Å²) >= 11 is 0. The van der Waals surface area contributed by atoms with E-state index in [1.807, 2.05) is 0 Å². The monoisotopic (exact) mass is 332 g/mol. The zero-order valence-corrected chi connectivity index (χ0v) is 13.7. The molecule has 9 heteroatoms. The molecule has 24 heavy (non-hydrogen) atoms. The van der Waals surface area contributed by atoms with Crippen molar-refractivity contribution in [2.45, 2.75) is 37.8 Å². The Hall–Kier alpha value is -2.68. The van der Waals surface area contributed by atoms with E-state index in [0.717, 1.165) is 25.7 Å². The van der Waals surface area contributed by atoms with Crippen LogP contribution >= 0.6 is 0 Å². The van der Waals surface area contributed by atoms with Crippen LogP contribution in [-0.2, 0) is 0 Å². The Balaban J connectivity index is 2.24. The molecular formula is C15H24N8O. The van der Waals surface area contributed by atoms with Crippen LogP contribution in [0.1, 0.15) is 36.2 Å². The average Bonchev–Trinajstić information content (AvgIpc) is 2.56. The van der Waals surface area contributed by atoms with Crippen LogP contribution in [0.25, 0.3) is 0 Å². The van der Waals surface area contributed by atoms with Gasteiger partial charge in [-0.2, -0.15) is 0 Å². The fourth-order valence-electron chi connectivity index (χ4n) is 2.65. The highest BCUT2D eigenvalue weighted by Gasteiger charge is 2.22. The second-order valence-corrected chi connectivity index (χ2v) is 5.65. The van der Waals surface area contributed by atoms with Crippen LogP contribution in [0, 0.1) is 0 Å². The lowest BCUT2D eigenvalue weighted by atomic mass is 9.91. The predicted molar refractivity (Wildman–Crippen MR) is 94.7 cm³/mol. The normalized spacial score (nSPS) is 21.7. The third kappa shape index (κ3) is 4.42.